The number of halogens is 1. The molecule has 0 saturated heterocycles. The van der Waals surface area contributed by atoms with Crippen molar-refractivity contribution in [2.24, 2.45) is 0 Å². The van der Waals surface area contributed by atoms with Gasteiger partial charge < -0.3 is 15.2 Å². The molecule has 2 N–H and O–H groups in total. The highest BCUT2D eigenvalue weighted by molar-refractivity contribution is 9.10. The summed E-state index contributed by atoms with van der Waals surface area (Å²) in [6.45, 7) is 7.30. The molecule has 1 aromatic heterocycles. The van der Waals surface area contributed by atoms with Crippen molar-refractivity contribution in [1.29, 1.82) is 0 Å². The number of aliphatic hydroxyl groups excluding tert-OH is 1. The molecule has 1 heterocycles. The van der Waals surface area contributed by atoms with E-state index < -0.39 is 0 Å². The Morgan fingerprint density at radius 1 is 1.68 bits per heavy atom. The van der Waals surface area contributed by atoms with E-state index in [-0.39, 0.29) is 18.7 Å². The lowest BCUT2D eigenvalue weighted by Gasteiger charge is -2.10. The van der Waals surface area contributed by atoms with Crippen molar-refractivity contribution in [3.63, 3.8) is 0 Å². The number of rotatable bonds is 8. The molecular formula is C12H18BrN3O3. The summed E-state index contributed by atoms with van der Waals surface area (Å²) in [7, 11) is 0. The molecule has 7 heteroatoms. The first-order valence-electron chi connectivity index (χ1n) is 5.88. The largest absolute Gasteiger partial charge is 0.394 e. The molecule has 0 fully saturated rings. The first kappa shape index (κ1) is 15.9. The summed E-state index contributed by atoms with van der Waals surface area (Å²) < 4.78 is 6.94. The van der Waals surface area contributed by atoms with E-state index in [9.17, 15) is 4.79 Å². The van der Waals surface area contributed by atoms with Gasteiger partial charge in [0.2, 0.25) is 0 Å². The number of ether oxygens (including phenoxy) is 1. The summed E-state index contributed by atoms with van der Waals surface area (Å²) in [5.41, 5.74) is 1.30. The van der Waals surface area contributed by atoms with Crippen molar-refractivity contribution in [3.05, 3.63) is 33.2 Å². The molecule has 106 valence electrons. The maximum Gasteiger partial charge on any atom is 0.283 e. The zero-order valence-electron chi connectivity index (χ0n) is 10.9. The van der Waals surface area contributed by atoms with Crippen LogP contribution in [0.1, 0.15) is 6.92 Å². The average Bonchev–Trinajstić information content (AvgIpc) is 2.37. The van der Waals surface area contributed by atoms with E-state index in [4.69, 9.17) is 9.84 Å². The van der Waals surface area contributed by atoms with Gasteiger partial charge in [-0.3, -0.25) is 4.79 Å². The van der Waals surface area contributed by atoms with Gasteiger partial charge >= 0.3 is 0 Å². The minimum Gasteiger partial charge on any atom is -0.394 e. The molecule has 0 aliphatic heterocycles. The fourth-order valence-electron chi connectivity index (χ4n) is 1.35. The number of nitrogens with one attached hydrogen (secondary N) is 1. The second-order valence-corrected chi connectivity index (χ2v) is 4.85. The van der Waals surface area contributed by atoms with Crippen LogP contribution in [0.5, 0.6) is 0 Å². The van der Waals surface area contributed by atoms with Crippen LogP contribution in [0.25, 0.3) is 0 Å². The fourth-order valence-corrected chi connectivity index (χ4v) is 1.79. The Bertz CT molecular complexity index is 488. The van der Waals surface area contributed by atoms with Crippen molar-refractivity contribution in [3.8, 4) is 0 Å². The van der Waals surface area contributed by atoms with E-state index in [1.54, 1.807) is 6.20 Å². The third-order valence-electron chi connectivity index (χ3n) is 2.21. The summed E-state index contributed by atoms with van der Waals surface area (Å²) in [6.07, 6.45) is 1.54. The van der Waals surface area contributed by atoms with Crippen molar-refractivity contribution >= 4 is 21.6 Å². The summed E-state index contributed by atoms with van der Waals surface area (Å²) in [5, 5.41) is 15.8. The molecule has 19 heavy (non-hydrogen) atoms. The molecule has 0 aliphatic carbocycles. The molecule has 0 atom stereocenters. The lowest BCUT2D eigenvalue weighted by Crippen LogP contribution is -2.26. The third-order valence-corrected chi connectivity index (χ3v) is 2.97. The molecule has 0 bridgehead atoms. The van der Waals surface area contributed by atoms with Crippen LogP contribution in [0.2, 0.25) is 0 Å². The van der Waals surface area contributed by atoms with Gasteiger partial charge in [0.15, 0.2) is 0 Å². The Kier molecular flexibility index (Phi) is 6.75. The SMILES string of the molecule is C=C(C)COCCNc1cnn(CCO)c(=O)c1Br. The maximum atomic E-state index is 11.8. The topological polar surface area (TPSA) is 76.4 Å². The molecule has 0 aromatic carbocycles. The van der Waals surface area contributed by atoms with E-state index >= 15 is 0 Å². The third kappa shape index (κ3) is 5.14. The smallest absolute Gasteiger partial charge is 0.283 e. The van der Waals surface area contributed by atoms with E-state index in [0.29, 0.717) is 29.9 Å². The minimum absolute atomic E-state index is 0.124. The molecule has 0 spiro atoms. The predicted molar refractivity (Wildman–Crippen MR) is 77.4 cm³/mol. The van der Waals surface area contributed by atoms with E-state index in [1.807, 2.05) is 6.92 Å². The zero-order valence-corrected chi connectivity index (χ0v) is 12.4. The van der Waals surface area contributed by atoms with Gasteiger partial charge in [-0.15, -0.1) is 0 Å². The standard InChI is InChI=1S/C12H18BrN3O3/c1-9(2)8-19-6-3-14-10-7-15-16(4-5-17)12(18)11(10)13/h7,14,17H,1,3-6,8H2,2H3. The Morgan fingerprint density at radius 3 is 3.05 bits per heavy atom. The van der Waals surface area contributed by atoms with Crippen molar-refractivity contribution in [1.82, 2.24) is 9.78 Å². The fraction of sp³-hybridized carbons (Fsp3) is 0.500. The minimum atomic E-state index is -0.276. The summed E-state index contributed by atoms with van der Waals surface area (Å²) >= 11 is 3.22. The lowest BCUT2D eigenvalue weighted by atomic mass is 10.4. The van der Waals surface area contributed by atoms with Gasteiger partial charge in [0.05, 0.1) is 38.2 Å². The van der Waals surface area contributed by atoms with Gasteiger partial charge in [0, 0.05) is 6.54 Å². The highest BCUT2D eigenvalue weighted by Gasteiger charge is 2.07. The molecule has 0 aliphatic rings. The molecule has 1 rings (SSSR count). The van der Waals surface area contributed by atoms with Crippen molar-refractivity contribution < 1.29 is 9.84 Å². The van der Waals surface area contributed by atoms with Crippen molar-refractivity contribution in [2.75, 3.05) is 31.7 Å². The summed E-state index contributed by atoms with van der Waals surface area (Å²) in [4.78, 5) is 11.8. The predicted octanol–water partition coefficient (Wildman–Crippen LogP) is 1.00. The quantitative estimate of drug-likeness (QED) is 0.549. The first-order chi connectivity index (χ1) is 9.06. The van der Waals surface area contributed by atoms with E-state index in [2.05, 4.69) is 32.9 Å². The average molecular weight is 332 g/mol. The second kappa shape index (κ2) is 8.08. The van der Waals surface area contributed by atoms with Crippen LogP contribution in [-0.4, -0.2) is 41.3 Å². The maximum absolute atomic E-state index is 11.8. The highest BCUT2D eigenvalue weighted by Crippen LogP contribution is 2.15. The van der Waals surface area contributed by atoms with E-state index in [1.165, 1.54) is 4.68 Å². The molecule has 0 radical (unpaired) electrons. The molecule has 0 unspecified atom stereocenters. The van der Waals surface area contributed by atoms with Crippen LogP contribution < -0.4 is 10.9 Å². The van der Waals surface area contributed by atoms with Crippen LogP contribution in [0.3, 0.4) is 0 Å². The van der Waals surface area contributed by atoms with Crippen LogP contribution in [0, 0.1) is 0 Å². The van der Waals surface area contributed by atoms with Crippen LogP contribution in [0.15, 0.2) is 27.6 Å². The number of hydrogen-bond donors (Lipinski definition) is 2. The summed E-state index contributed by atoms with van der Waals surface area (Å²) in [6, 6.07) is 0. The number of aliphatic hydroxyl groups is 1. The van der Waals surface area contributed by atoms with Gasteiger partial charge in [-0.05, 0) is 22.9 Å². The van der Waals surface area contributed by atoms with Crippen molar-refractivity contribution in [2.45, 2.75) is 13.5 Å². The Balaban J connectivity index is 2.53. The molecule has 6 nitrogen and oxygen atoms in total. The number of anilines is 1. The number of nitrogens with zero attached hydrogens (tertiary/aromatic N) is 2. The summed E-state index contributed by atoms with van der Waals surface area (Å²) in [5.74, 6) is 0. The number of aromatic nitrogens is 2. The normalized spacial score (nSPS) is 10.5. The van der Waals surface area contributed by atoms with Gasteiger partial charge in [0.25, 0.3) is 5.56 Å². The molecule has 0 amide bonds. The van der Waals surface area contributed by atoms with Crippen LogP contribution >= 0.6 is 15.9 Å². The van der Waals surface area contributed by atoms with Gasteiger partial charge in [0.1, 0.15) is 4.47 Å². The second-order valence-electron chi connectivity index (χ2n) is 4.06. The lowest BCUT2D eigenvalue weighted by molar-refractivity contribution is 0.167. The van der Waals surface area contributed by atoms with Gasteiger partial charge in [-0.25, -0.2) is 4.68 Å². The molecule has 0 saturated carbocycles. The van der Waals surface area contributed by atoms with Gasteiger partial charge in [-0.2, -0.15) is 5.10 Å². The Hall–Kier alpha value is -1.18. The first-order valence-corrected chi connectivity index (χ1v) is 6.68. The Morgan fingerprint density at radius 2 is 2.42 bits per heavy atom. The zero-order chi connectivity index (χ0) is 14.3. The molecular weight excluding hydrogens is 314 g/mol. The highest BCUT2D eigenvalue weighted by atomic mass is 79.9. The monoisotopic (exact) mass is 331 g/mol. The molecule has 1 aromatic rings. The van der Waals surface area contributed by atoms with Gasteiger partial charge in [-0.1, -0.05) is 12.2 Å². The van der Waals surface area contributed by atoms with E-state index in [0.717, 1.165) is 5.57 Å². The number of hydrogen-bond acceptors (Lipinski definition) is 5. The Labute approximate surface area is 120 Å². The van der Waals surface area contributed by atoms with Crippen LogP contribution in [0.4, 0.5) is 5.69 Å². The van der Waals surface area contributed by atoms with Crippen LogP contribution in [-0.2, 0) is 11.3 Å².